The van der Waals surface area contributed by atoms with Crippen molar-refractivity contribution in [2.75, 3.05) is 39.5 Å². The molecule has 1 N–H and O–H groups in total. The Bertz CT molecular complexity index is 186. The Morgan fingerprint density at radius 1 is 1.71 bits per heavy atom. The number of aliphatic hydroxyl groups excluding tert-OH is 1. The Morgan fingerprint density at radius 2 is 2.50 bits per heavy atom. The molecular weight excluding hydrogens is 186 g/mol. The van der Waals surface area contributed by atoms with E-state index in [2.05, 4.69) is 0 Å². The summed E-state index contributed by atoms with van der Waals surface area (Å²) in [6.07, 6.45) is -0.168. The molecule has 14 heavy (non-hydrogen) atoms. The van der Waals surface area contributed by atoms with Crippen molar-refractivity contribution in [3.8, 4) is 0 Å². The van der Waals surface area contributed by atoms with Gasteiger partial charge in [0.05, 0.1) is 32.5 Å². The van der Waals surface area contributed by atoms with Gasteiger partial charge < -0.3 is 14.6 Å². The van der Waals surface area contributed by atoms with Crippen molar-refractivity contribution in [2.45, 2.75) is 13.0 Å². The van der Waals surface area contributed by atoms with E-state index < -0.39 is 0 Å². The van der Waals surface area contributed by atoms with Gasteiger partial charge in [-0.2, -0.15) is 0 Å². The molecule has 0 bridgehead atoms. The highest BCUT2D eigenvalue weighted by Gasteiger charge is 2.21. The smallest absolute Gasteiger partial charge is 0.320 e. The predicted octanol–water partition coefficient (Wildman–Crippen LogP) is -0.757. The number of esters is 1. The fraction of sp³-hybridized carbons (Fsp3) is 0.889. The monoisotopic (exact) mass is 203 g/mol. The Kier molecular flexibility index (Phi) is 4.86. The van der Waals surface area contributed by atoms with Crippen LogP contribution >= 0.6 is 0 Å². The van der Waals surface area contributed by atoms with E-state index in [-0.39, 0.29) is 25.2 Å². The van der Waals surface area contributed by atoms with Crippen molar-refractivity contribution in [3.63, 3.8) is 0 Å². The van der Waals surface area contributed by atoms with Crippen molar-refractivity contribution >= 4 is 5.97 Å². The van der Waals surface area contributed by atoms with Crippen LogP contribution in [0.3, 0.4) is 0 Å². The third kappa shape index (κ3) is 3.61. The number of carbonyl (C=O) groups is 1. The molecule has 1 heterocycles. The van der Waals surface area contributed by atoms with E-state index in [1.54, 1.807) is 6.92 Å². The molecule has 0 spiro atoms. The molecule has 1 saturated heterocycles. The van der Waals surface area contributed by atoms with E-state index in [1.165, 1.54) is 0 Å². The van der Waals surface area contributed by atoms with Gasteiger partial charge in [0.1, 0.15) is 0 Å². The molecule has 1 atom stereocenters. The van der Waals surface area contributed by atoms with E-state index >= 15 is 0 Å². The molecule has 5 heteroatoms. The van der Waals surface area contributed by atoms with Gasteiger partial charge in [0.25, 0.3) is 0 Å². The van der Waals surface area contributed by atoms with E-state index in [0.717, 1.165) is 6.54 Å². The summed E-state index contributed by atoms with van der Waals surface area (Å²) in [7, 11) is 0. The second-order valence-corrected chi connectivity index (χ2v) is 3.22. The van der Waals surface area contributed by atoms with Crippen LogP contribution in [0.1, 0.15) is 6.92 Å². The molecule has 1 fully saturated rings. The maximum atomic E-state index is 11.1. The van der Waals surface area contributed by atoms with Crippen LogP contribution in [0.5, 0.6) is 0 Å². The first kappa shape index (κ1) is 11.4. The molecule has 1 rings (SSSR count). The van der Waals surface area contributed by atoms with Gasteiger partial charge in [-0.15, -0.1) is 0 Å². The summed E-state index contributed by atoms with van der Waals surface area (Å²) in [6.45, 7) is 4.35. The molecule has 5 nitrogen and oxygen atoms in total. The summed E-state index contributed by atoms with van der Waals surface area (Å²) in [5, 5.41) is 8.88. The topological polar surface area (TPSA) is 59.0 Å². The number of nitrogens with zero attached hydrogens (tertiary/aromatic N) is 1. The zero-order valence-electron chi connectivity index (χ0n) is 8.44. The number of ether oxygens (including phenoxy) is 2. The maximum absolute atomic E-state index is 11.1. The molecule has 0 aromatic carbocycles. The Morgan fingerprint density at radius 3 is 3.14 bits per heavy atom. The largest absolute Gasteiger partial charge is 0.465 e. The first-order valence-corrected chi connectivity index (χ1v) is 4.86. The highest BCUT2D eigenvalue weighted by Crippen LogP contribution is 2.04. The van der Waals surface area contributed by atoms with Crippen LogP contribution in [-0.2, 0) is 14.3 Å². The minimum atomic E-state index is -0.217. The third-order valence-electron chi connectivity index (χ3n) is 2.08. The summed E-state index contributed by atoms with van der Waals surface area (Å²) < 4.78 is 10.1. The van der Waals surface area contributed by atoms with Crippen molar-refractivity contribution in [1.82, 2.24) is 4.90 Å². The van der Waals surface area contributed by atoms with Gasteiger partial charge in [-0.25, -0.2) is 0 Å². The van der Waals surface area contributed by atoms with Crippen LogP contribution in [0.4, 0.5) is 0 Å². The minimum absolute atomic E-state index is 0.000669. The lowest BCUT2D eigenvalue weighted by Crippen LogP contribution is -2.46. The van der Waals surface area contributed by atoms with Gasteiger partial charge in [0, 0.05) is 13.1 Å². The normalized spacial score (nSPS) is 23.4. The number of morpholine rings is 1. The summed E-state index contributed by atoms with van der Waals surface area (Å²) >= 11 is 0. The summed E-state index contributed by atoms with van der Waals surface area (Å²) in [6, 6.07) is 0. The van der Waals surface area contributed by atoms with Crippen LogP contribution in [-0.4, -0.2) is 61.5 Å². The predicted molar refractivity (Wildman–Crippen MR) is 49.9 cm³/mol. The molecule has 1 aliphatic rings. The number of aliphatic hydroxyl groups is 1. The molecule has 1 aliphatic heterocycles. The van der Waals surface area contributed by atoms with Gasteiger partial charge in [-0.05, 0) is 6.92 Å². The van der Waals surface area contributed by atoms with Crippen molar-refractivity contribution in [2.24, 2.45) is 0 Å². The quantitative estimate of drug-likeness (QED) is 0.609. The maximum Gasteiger partial charge on any atom is 0.320 e. The van der Waals surface area contributed by atoms with E-state index in [4.69, 9.17) is 14.6 Å². The zero-order chi connectivity index (χ0) is 10.4. The molecular formula is C9H17NO4. The summed E-state index contributed by atoms with van der Waals surface area (Å²) in [5.74, 6) is -0.217. The van der Waals surface area contributed by atoms with Crippen LogP contribution in [0.25, 0.3) is 0 Å². The highest BCUT2D eigenvalue weighted by molar-refractivity contribution is 5.71. The average molecular weight is 203 g/mol. The molecule has 1 unspecified atom stereocenters. The zero-order valence-corrected chi connectivity index (χ0v) is 8.44. The number of rotatable bonds is 4. The lowest BCUT2D eigenvalue weighted by atomic mass is 10.3. The number of hydrogen-bond donors (Lipinski definition) is 1. The van der Waals surface area contributed by atoms with Gasteiger partial charge >= 0.3 is 5.97 Å². The second kappa shape index (κ2) is 5.95. The summed E-state index contributed by atoms with van der Waals surface area (Å²) in [5.41, 5.74) is 0. The van der Waals surface area contributed by atoms with Gasteiger partial charge in [0.2, 0.25) is 0 Å². The lowest BCUT2D eigenvalue weighted by molar-refractivity contribution is -0.146. The standard InChI is InChI=1S/C9H17NO4/c1-2-13-9(12)6-10-3-4-14-8(5-10)7-11/h8,11H,2-7H2,1H3. The Balaban J connectivity index is 2.26. The number of hydrogen-bond acceptors (Lipinski definition) is 5. The Labute approximate surface area is 83.6 Å². The molecule has 0 saturated carbocycles. The lowest BCUT2D eigenvalue weighted by Gasteiger charge is -2.30. The highest BCUT2D eigenvalue weighted by atomic mass is 16.5. The van der Waals surface area contributed by atoms with Crippen molar-refractivity contribution in [1.29, 1.82) is 0 Å². The minimum Gasteiger partial charge on any atom is -0.465 e. The molecule has 82 valence electrons. The fourth-order valence-corrected chi connectivity index (χ4v) is 1.42. The van der Waals surface area contributed by atoms with Crippen LogP contribution < -0.4 is 0 Å². The third-order valence-corrected chi connectivity index (χ3v) is 2.08. The van der Waals surface area contributed by atoms with Gasteiger partial charge in [-0.1, -0.05) is 0 Å². The van der Waals surface area contributed by atoms with E-state index in [0.29, 0.717) is 19.8 Å². The Hall–Kier alpha value is -0.650. The fourth-order valence-electron chi connectivity index (χ4n) is 1.42. The SMILES string of the molecule is CCOC(=O)CN1CCOC(CO)C1. The average Bonchev–Trinajstić information content (AvgIpc) is 2.18. The van der Waals surface area contributed by atoms with Crippen LogP contribution in [0.15, 0.2) is 0 Å². The van der Waals surface area contributed by atoms with Crippen molar-refractivity contribution < 1.29 is 19.4 Å². The summed E-state index contributed by atoms with van der Waals surface area (Å²) in [4.78, 5) is 13.1. The first-order valence-electron chi connectivity index (χ1n) is 4.86. The van der Waals surface area contributed by atoms with Crippen LogP contribution in [0.2, 0.25) is 0 Å². The van der Waals surface area contributed by atoms with Crippen molar-refractivity contribution in [3.05, 3.63) is 0 Å². The van der Waals surface area contributed by atoms with E-state index in [1.807, 2.05) is 4.90 Å². The van der Waals surface area contributed by atoms with Gasteiger partial charge in [0.15, 0.2) is 0 Å². The first-order chi connectivity index (χ1) is 6.76. The molecule has 0 aromatic heterocycles. The molecule has 0 amide bonds. The van der Waals surface area contributed by atoms with Gasteiger partial charge in [-0.3, -0.25) is 9.69 Å². The molecule has 0 aliphatic carbocycles. The van der Waals surface area contributed by atoms with Crippen LogP contribution in [0, 0.1) is 0 Å². The number of carbonyl (C=O) groups excluding carboxylic acids is 1. The molecule has 0 aromatic rings. The second-order valence-electron chi connectivity index (χ2n) is 3.22. The van der Waals surface area contributed by atoms with E-state index in [9.17, 15) is 4.79 Å². The molecule has 0 radical (unpaired) electrons.